The molecule has 5 rings (SSSR count). The van der Waals surface area contributed by atoms with Crippen LogP contribution in [-0.2, 0) is 4.74 Å². The zero-order valence-electron chi connectivity index (χ0n) is 13.8. The average Bonchev–Trinajstić information content (AvgIpc) is 3.28. The van der Waals surface area contributed by atoms with Gasteiger partial charge in [-0.3, -0.25) is 0 Å². The third-order valence-electron chi connectivity index (χ3n) is 4.71. The summed E-state index contributed by atoms with van der Waals surface area (Å²) in [5.74, 6) is 0.808. The van der Waals surface area contributed by atoms with Crippen molar-refractivity contribution in [2.24, 2.45) is 0 Å². The summed E-state index contributed by atoms with van der Waals surface area (Å²) in [5, 5.41) is 9.06. The number of ether oxygens (including phenoxy) is 1. The molecule has 0 aliphatic carbocycles. The Labute approximate surface area is 144 Å². The molecule has 1 aliphatic heterocycles. The first-order chi connectivity index (χ1) is 12.4. The third kappa shape index (κ3) is 2.64. The molecule has 6 heteroatoms. The van der Waals surface area contributed by atoms with Gasteiger partial charge in [-0.2, -0.15) is 5.10 Å². The Morgan fingerprint density at radius 2 is 2.16 bits per heavy atom. The molecular weight excluding hydrogens is 314 g/mol. The van der Waals surface area contributed by atoms with Crippen molar-refractivity contribution in [1.82, 2.24) is 19.7 Å². The molecule has 1 fully saturated rings. The fourth-order valence-electron chi connectivity index (χ4n) is 3.42. The van der Waals surface area contributed by atoms with Crippen LogP contribution >= 0.6 is 0 Å². The second-order valence-electron chi connectivity index (χ2n) is 6.42. The predicted octanol–water partition coefficient (Wildman–Crippen LogP) is 4.36. The predicted molar refractivity (Wildman–Crippen MR) is 97.9 cm³/mol. The Hall–Kier alpha value is -2.86. The summed E-state index contributed by atoms with van der Waals surface area (Å²) in [7, 11) is 0. The van der Waals surface area contributed by atoms with Crippen molar-refractivity contribution in [2.75, 3.05) is 11.9 Å². The van der Waals surface area contributed by atoms with Crippen LogP contribution in [0.2, 0.25) is 0 Å². The number of pyridine rings is 1. The van der Waals surface area contributed by atoms with Crippen molar-refractivity contribution < 1.29 is 4.74 Å². The van der Waals surface area contributed by atoms with E-state index in [1.807, 2.05) is 23.1 Å². The second kappa shape index (κ2) is 5.89. The molecule has 0 saturated carbocycles. The molecule has 126 valence electrons. The van der Waals surface area contributed by atoms with Crippen molar-refractivity contribution in [2.45, 2.75) is 25.5 Å². The van der Waals surface area contributed by atoms with E-state index in [0.29, 0.717) is 0 Å². The molecule has 0 bridgehead atoms. The number of benzene rings is 1. The highest BCUT2D eigenvalue weighted by Crippen LogP contribution is 2.27. The molecule has 2 N–H and O–H groups in total. The number of aromatic nitrogens is 4. The number of nitrogens with one attached hydrogen (secondary N) is 2. The van der Waals surface area contributed by atoms with Crippen LogP contribution in [0, 0.1) is 0 Å². The van der Waals surface area contributed by atoms with Gasteiger partial charge in [0, 0.05) is 24.0 Å². The maximum atomic E-state index is 5.84. The van der Waals surface area contributed by atoms with Crippen LogP contribution in [0.1, 0.15) is 25.5 Å². The lowest BCUT2D eigenvalue weighted by atomic mass is 10.2. The number of aromatic amines is 1. The number of anilines is 2. The molecule has 6 nitrogen and oxygen atoms in total. The minimum absolute atomic E-state index is 0.0298. The van der Waals surface area contributed by atoms with E-state index in [9.17, 15) is 0 Å². The SMILES string of the molecule is c1cc2ccc(Nc3ccc4c(cnn4C4CCCCO4)n3)cc2[nH]1. The first kappa shape index (κ1) is 14.5. The Bertz CT molecular complexity index is 1030. The molecule has 0 radical (unpaired) electrons. The van der Waals surface area contributed by atoms with E-state index in [1.165, 1.54) is 11.8 Å². The quantitative estimate of drug-likeness (QED) is 0.585. The maximum Gasteiger partial charge on any atom is 0.150 e. The number of H-pyrrole nitrogens is 1. The van der Waals surface area contributed by atoms with E-state index in [-0.39, 0.29) is 6.23 Å². The van der Waals surface area contributed by atoms with Gasteiger partial charge in [-0.05, 0) is 55.0 Å². The molecule has 25 heavy (non-hydrogen) atoms. The Morgan fingerprint density at radius 1 is 1.16 bits per heavy atom. The highest BCUT2D eigenvalue weighted by atomic mass is 16.5. The van der Waals surface area contributed by atoms with Crippen LogP contribution in [-0.4, -0.2) is 26.4 Å². The maximum absolute atomic E-state index is 5.84. The number of hydrogen-bond donors (Lipinski definition) is 2. The minimum Gasteiger partial charge on any atom is -0.361 e. The first-order valence-electron chi connectivity index (χ1n) is 8.67. The second-order valence-corrected chi connectivity index (χ2v) is 6.42. The van der Waals surface area contributed by atoms with E-state index in [1.54, 1.807) is 0 Å². The number of hydrogen-bond acceptors (Lipinski definition) is 4. The van der Waals surface area contributed by atoms with Gasteiger partial charge < -0.3 is 15.0 Å². The summed E-state index contributed by atoms with van der Waals surface area (Å²) >= 11 is 0. The smallest absolute Gasteiger partial charge is 0.150 e. The van der Waals surface area contributed by atoms with Gasteiger partial charge in [0.15, 0.2) is 6.23 Å². The van der Waals surface area contributed by atoms with E-state index in [0.717, 1.165) is 47.5 Å². The van der Waals surface area contributed by atoms with Crippen LogP contribution in [0.5, 0.6) is 0 Å². The van der Waals surface area contributed by atoms with Gasteiger partial charge in [0.2, 0.25) is 0 Å². The monoisotopic (exact) mass is 333 g/mol. The number of rotatable bonds is 3. The van der Waals surface area contributed by atoms with E-state index in [4.69, 9.17) is 9.72 Å². The van der Waals surface area contributed by atoms with Crippen LogP contribution in [0.25, 0.3) is 21.9 Å². The zero-order chi connectivity index (χ0) is 16.6. The lowest BCUT2D eigenvalue weighted by Gasteiger charge is -2.23. The van der Waals surface area contributed by atoms with Gasteiger partial charge in [-0.1, -0.05) is 6.07 Å². The Morgan fingerprint density at radius 3 is 3.08 bits per heavy atom. The normalized spacial score (nSPS) is 18.0. The zero-order valence-corrected chi connectivity index (χ0v) is 13.8. The Balaban J connectivity index is 1.44. The van der Waals surface area contributed by atoms with Gasteiger partial charge in [-0.25, -0.2) is 9.67 Å². The van der Waals surface area contributed by atoms with Crippen LogP contribution in [0.4, 0.5) is 11.5 Å². The molecule has 3 aromatic heterocycles. The number of fused-ring (bicyclic) bond motifs is 2. The molecular formula is C19H19N5O. The molecule has 4 heterocycles. The van der Waals surface area contributed by atoms with E-state index < -0.39 is 0 Å². The molecule has 4 aromatic rings. The topological polar surface area (TPSA) is 67.8 Å². The minimum atomic E-state index is 0.0298. The van der Waals surface area contributed by atoms with Gasteiger partial charge in [0.1, 0.15) is 11.3 Å². The molecule has 1 saturated heterocycles. The van der Waals surface area contributed by atoms with Gasteiger partial charge >= 0.3 is 0 Å². The van der Waals surface area contributed by atoms with Crippen molar-refractivity contribution in [3.63, 3.8) is 0 Å². The van der Waals surface area contributed by atoms with Gasteiger partial charge in [0.05, 0.1) is 11.7 Å². The third-order valence-corrected chi connectivity index (χ3v) is 4.71. The summed E-state index contributed by atoms with van der Waals surface area (Å²) in [6, 6.07) is 12.3. The first-order valence-corrected chi connectivity index (χ1v) is 8.67. The van der Waals surface area contributed by atoms with Crippen LogP contribution < -0.4 is 5.32 Å². The van der Waals surface area contributed by atoms with Crippen molar-refractivity contribution >= 4 is 33.4 Å². The van der Waals surface area contributed by atoms with E-state index in [2.05, 4.69) is 45.7 Å². The van der Waals surface area contributed by atoms with Crippen molar-refractivity contribution in [1.29, 1.82) is 0 Å². The fraction of sp³-hybridized carbons (Fsp3) is 0.263. The van der Waals surface area contributed by atoms with Gasteiger partial charge in [-0.15, -0.1) is 0 Å². The summed E-state index contributed by atoms with van der Waals surface area (Å²) in [5.41, 5.74) is 4.00. The molecule has 0 spiro atoms. The van der Waals surface area contributed by atoms with E-state index >= 15 is 0 Å². The lowest BCUT2D eigenvalue weighted by Crippen LogP contribution is -2.18. The lowest BCUT2D eigenvalue weighted by molar-refractivity contribution is -0.0366. The van der Waals surface area contributed by atoms with Crippen molar-refractivity contribution in [3.05, 3.63) is 48.8 Å². The van der Waals surface area contributed by atoms with Crippen LogP contribution in [0.3, 0.4) is 0 Å². The molecule has 1 unspecified atom stereocenters. The molecule has 1 aromatic carbocycles. The average molecular weight is 333 g/mol. The van der Waals surface area contributed by atoms with Gasteiger partial charge in [0.25, 0.3) is 0 Å². The largest absolute Gasteiger partial charge is 0.361 e. The Kier molecular flexibility index (Phi) is 3.41. The summed E-state index contributed by atoms with van der Waals surface area (Å²) in [6.07, 6.45) is 7.11. The summed E-state index contributed by atoms with van der Waals surface area (Å²) in [6.45, 7) is 0.806. The van der Waals surface area contributed by atoms with Crippen molar-refractivity contribution in [3.8, 4) is 0 Å². The standard InChI is InChI=1S/C19H19N5O/c1-2-10-25-19(3-1)24-17-6-7-18(23-16(17)12-21-24)22-14-5-4-13-8-9-20-15(13)11-14/h4-9,11-12,19-20H,1-3,10H2,(H,22,23). The highest BCUT2D eigenvalue weighted by Gasteiger charge is 2.18. The van der Waals surface area contributed by atoms with Crippen LogP contribution in [0.15, 0.2) is 48.8 Å². The number of nitrogens with zero attached hydrogens (tertiary/aromatic N) is 3. The summed E-state index contributed by atoms with van der Waals surface area (Å²) in [4.78, 5) is 7.92. The fourth-order valence-corrected chi connectivity index (χ4v) is 3.42. The summed E-state index contributed by atoms with van der Waals surface area (Å²) < 4.78 is 7.80. The molecule has 0 amide bonds. The highest BCUT2D eigenvalue weighted by molar-refractivity contribution is 5.84. The molecule has 1 atom stereocenters. The molecule has 1 aliphatic rings.